The topological polar surface area (TPSA) is 139 Å². The number of nitro benzene ring substituents is 1. The molecule has 0 spiro atoms. The zero-order valence-corrected chi connectivity index (χ0v) is 21.0. The number of H-pyrrole nitrogens is 2. The van der Waals surface area contributed by atoms with Gasteiger partial charge in [0.15, 0.2) is 0 Å². The number of nitro groups is 1. The molecule has 2 aliphatic rings. The Bertz CT molecular complexity index is 1920. The first kappa shape index (κ1) is 23.4. The summed E-state index contributed by atoms with van der Waals surface area (Å²) in [6.07, 6.45) is 0.598. The quantitative estimate of drug-likeness (QED) is 0.265. The van der Waals surface area contributed by atoms with Crippen molar-refractivity contribution < 1.29 is 9.66 Å². The molecule has 11 nitrogen and oxygen atoms in total. The highest BCUT2D eigenvalue weighted by Gasteiger charge is 2.32. The summed E-state index contributed by atoms with van der Waals surface area (Å²) in [4.78, 5) is 47.9. The Labute approximate surface area is 220 Å². The lowest BCUT2D eigenvalue weighted by atomic mass is 10.0. The van der Waals surface area contributed by atoms with E-state index < -0.39 is 10.5 Å². The first-order valence-corrected chi connectivity index (χ1v) is 12.8. The number of hydrogen-bond acceptors (Lipinski definition) is 7. The predicted molar refractivity (Wildman–Crippen MR) is 146 cm³/mol. The third kappa shape index (κ3) is 3.73. The number of ether oxygens (including phenoxy) is 1. The molecule has 4 heterocycles. The molecule has 3 atom stereocenters. The van der Waals surface area contributed by atoms with Crippen LogP contribution in [0.25, 0.3) is 44.3 Å². The van der Waals surface area contributed by atoms with Gasteiger partial charge in [0.05, 0.1) is 33.5 Å². The molecule has 2 N–H and O–H groups in total. The second kappa shape index (κ2) is 8.63. The molecule has 11 heteroatoms. The van der Waals surface area contributed by atoms with Crippen LogP contribution in [0.5, 0.6) is 5.75 Å². The van der Waals surface area contributed by atoms with Crippen molar-refractivity contribution in [2.24, 2.45) is 0 Å². The van der Waals surface area contributed by atoms with Gasteiger partial charge in [-0.2, -0.15) is 0 Å². The van der Waals surface area contributed by atoms with E-state index in [4.69, 9.17) is 9.72 Å². The third-order valence-electron chi connectivity index (χ3n) is 7.79. The molecule has 2 unspecified atom stereocenters. The van der Waals surface area contributed by atoms with Crippen molar-refractivity contribution >= 4 is 27.6 Å². The Morgan fingerprint density at radius 2 is 1.90 bits per heavy atom. The highest BCUT2D eigenvalue weighted by atomic mass is 16.6. The van der Waals surface area contributed by atoms with Crippen LogP contribution < -0.4 is 15.9 Å². The Morgan fingerprint density at radius 1 is 1.08 bits per heavy atom. The Kier molecular flexibility index (Phi) is 5.17. The molecule has 196 valence electrons. The van der Waals surface area contributed by atoms with Crippen LogP contribution >= 0.6 is 0 Å². The third-order valence-corrected chi connectivity index (χ3v) is 7.79. The molecule has 0 saturated carbocycles. The number of rotatable bonds is 2. The maximum atomic E-state index is 13.4. The van der Waals surface area contributed by atoms with Crippen LogP contribution in [-0.4, -0.2) is 54.8 Å². The van der Waals surface area contributed by atoms with Crippen LogP contribution in [0, 0.1) is 10.1 Å². The highest BCUT2D eigenvalue weighted by Crippen LogP contribution is 2.37. The highest BCUT2D eigenvalue weighted by molar-refractivity contribution is 5.95. The molecule has 0 radical (unpaired) electrons. The maximum absolute atomic E-state index is 13.4. The van der Waals surface area contributed by atoms with Crippen LogP contribution in [-0.2, 0) is 6.54 Å². The average Bonchev–Trinajstić information content (AvgIpc) is 3.44. The lowest BCUT2D eigenvalue weighted by Gasteiger charge is -2.21. The minimum atomic E-state index is -0.443. The van der Waals surface area contributed by atoms with E-state index >= 15 is 0 Å². The van der Waals surface area contributed by atoms with E-state index in [9.17, 15) is 19.7 Å². The maximum Gasteiger partial charge on any atom is 0.277 e. The fourth-order valence-electron chi connectivity index (χ4n) is 5.85. The average molecular weight is 525 g/mol. The molecule has 0 amide bonds. The van der Waals surface area contributed by atoms with E-state index in [-0.39, 0.29) is 29.1 Å². The van der Waals surface area contributed by atoms with E-state index in [1.54, 1.807) is 53.2 Å². The minimum Gasteiger partial charge on any atom is -0.487 e. The van der Waals surface area contributed by atoms with Gasteiger partial charge >= 0.3 is 0 Å². The van der Waals surface area contributed by atoms with E-state index in [2.05, 4.69) is 21.9 Å². The molecule has 5 aromatic rings. The van der Waals surface area contributed by atoms with Gasteiger partial charge in [0, 0.05) is 37.2 Å². The van der Waals surface area contributed by atoms with E-state index in [0.29, 0.717) is 64.0 Å². The molecule has 6 bridgehead atoms. The van der Waals surface area contributed by atoms with Gasteiger partial charge in [0.25, 0.3) is 16.8 Å². The van der Waals surface area contributed by atoms with Crippen molar-refractivity contribution in [3.63, 3.8) is 0 Å². The summed E-state index contributed by atoms with van der Waals surface area (Å²) in [6.45, 7) is 3.89. The van der Waals surface area contributed by atoms with Crippen molar-refractivity contribution in [3.05, 3.63) is 85.4 Å². The lowest BCUT2D eigenvalue weighted by molar-refractivity contribution is -0.384. The minimum absolute atomic E-state index is 0.0438. The van der Waals surface area contributed by atoms with Gasteiger partial charge in [-0.25, -0.2) is 4.98 Å². The number of fused-ring (bicyclic) bond motifs is 5. The molecule has 1 fully saturated rings. The van der Waals surface area contributed by atoms with Gasteiger partial charge in [-0.3, -0.25) is 34.4 Å². The Morgan fingerprint density at radius 3 is 2.74 bits per heavy atom. The van der Waals surface area contributed by atoms with Crippen molar-refractivity contribution in [2.75, 3.05) is 13.1 Å². The molecular formula is C28H24N6O5. The molecule has 7 rings (SSSR count). The fourth-order valence-corrected chi connectivity index (χ4v) is 5.85. The molecule has 2 aromatic heterocycles. The number of nitrogens with one attached hydrogen (secondary N) is 2. The predicted octanol–water partition coefficient (Wildman–Crippen LogP) is 3.66. The van der Waals surface area contributed by atoms with Crippen LogP contribution in [0.2, 0.25) is 0 Å². The summed E-state index contributed by atoms with van der Waals surface area (Å²) in [6, 6.07) is 15.4. The fraction of sp³-hybridized carbons (Fsp3) is 0.250. The molecule has 1 saturated heterocycles. The SMILES string of the molecule is C[C@@H]1CC2CN1CCn1[nH]c3c(cccc3c1=O)-c1nc3c(cc(-c4ccccc4[N+](=O)[O-])cc3[nH]c1=O)O2. The van der Waals surface area contributed by atoms with Crippen molar-refractivity contribution in [1.29, 1.82) is 0 Å². The van der Waals surface area contributed by atoms with Gasteiger partial charge in [-0.15, -0.1) is 0 Å². The molecule has 39 heavy (non-hydrogen) atoms. The second-order valence-electron chi connectivity index (χ2n) is 10.2. The van der Waals surface area contributed by atoms with E-state index in [1.807, 2.05) is 0 Å². The monoisotopic (exact) mass is 524 g/mol. The molecular weight excluding hydrogens is 500 g/mol. The second-order valence-corrected chi connectivity index (χ2v) is 10.2. The van der Waals surface area contributed by atoms with Crippen molar-refractivity contribution in [3.8, 4) is 28.1 Å². The standard InChI is InChI=1S/C28H24N6O5/c1-15-11-17-14-32(15)9-10-33-28(36)20-7-4-6-19(24(20)31-33)25-27(35)29-21-12-16(13-23(39-17)26(21)30-25)18-5-2-3-8-22(18)34(37)38/h2-8,12-13,15,17,31H,9-11,14H2,1H3,(H,29,35)/t15-,17?/m1/s1. The first-order chi connectivity index (χ1) is 18.9. The number of aromatic nitrogens is 4. The van der Waals surface area contributed by atoms with E-state index in [0.717, 1.165) is 6.42 Å². The van der Waals surface area contributed by atoms with E-state index in [1.165, 1.54) is 6.07 Å². The van der Waals surface area contributed by atoms with Gasteiger partial charge in [-0.05, 0) is 36.8 Å². The number of aromatic amines is 2. The van der Waals surface area contributed by atoms with Crippen LogP contribution in [0.3, 0.4) is 0 Å². The first-order valence-electron chi connectivity index (χ1n) is 12.8. The van der Waals surface area contributed by atoms with Gasteiger partial charge in [0.1, 0.15) is 23.1 Å². The van der Waals surface area contributed by atoms with Crippen molar-refractivity contribution in [2.45, 2.75) is 32.0 Å². The number of nitrogens with zero attached hydrogens (tertiary/aromatic N) is 4. The van der Waals surface area contributed by atoms with Gasteiger partial charge in [0.2, 0.25) is 0 Å². The summed E-state index contributed by atoms with van der Waals surface area (Å²) in [5.41, 5.74) is 2.38. The summed E-state index contributed by atoms with van der Waals surface area (Å²) in [5.74, 6) is 0.437. The molecule has 2 aliphatic heterocycles. The molecule has 0 aliphatic carbocycles. The Balaban J connectivity index is 1.52. The Hall–Kier alpha value is -4.77. The molecule has 3 aromatic carbocycles. The van der Waals surface area contributed by atoms with Crippen LogP contribution in [0.15, 0.2) is 64.2 Å². The van der Waals surface area contributed by atoms with Crippen LogP contribution in [0.1, 0.15) is 13.3 Å². The number of para-hydroxylation sites is 2. The lowest BCUT2D eigenvalue weighted by Crippen LogP contribution is -2.33. The summed E-state index contributed by atoms with van der Waals surface area (Å²) in [7, 11) is 0. The smallest absolute Gasteiger partial charge is 0.277 e. The summed E-state index contributed by atoms with van der Waals surface area (Å²) in [5, 5.41) is 15.5. The van der Waals surface area contributed by atoms with Gasteiger partial charge < -0.3 is 9.72 Å². The number of hydrogen-bond donors (Lipinski definition) is 2. The normalized spacial score (nSPS) is 20.4. The summed E-state index contributed by atoms with van der Waals surface area (Å²) < 4.78 is 8.13. The summed E-state index contributed by atoms with van der Waals surface area (Å²) >= 11 is 0. The largest absolute Gasteiger partial charge is 0.487 e. The van der Waals surface area contributed by atoms with Crippen molar-refractivity contribution in [1.82, 2.24) is 24.6 Å². The zero-order valence-electron chi connectivity index (χ0n) is 21.0. The van der Waals surface area contributed by atoms with Gasteiger partial charge in [-0.1, -0.05) is 24.3 Å². The number of benzene rings is 3. The van der Waals surface area contributed by atoms with Crippen LogP contribution in [0.4, 0.5) is 5.69 Å². The zero-order chi connectivity index (χ0) is 26.8.